The molecule has 0 aromatic heterocycles. The Morgan fingerprint density at radius 1 is 1.11 bits per heavy atom. The van der Waals surface area contributed by atoms with Crippen LogP contribution in [-0.2, 0) is 0 Å². The van der Waals surface area contributed by atoms with Crippen LogP contribution in [-0.4, -0.2) is 13.4 Å². The van der Waals surface area contributed by atoms with E-state index in [1.165, 1.54) is 0 Å². The molecule has 0 saturated carbocycles. The smallest absolute Gasteiger partial charge is 0.231 e. The number of hydrogen-bond acceptors (Lipinski definition) is 4. The van der Waals surface area contributed by atoms with Crippen molar-refractivity contribution in [3.05, 3.63) is 65.7 Å². The van der Waals surface area contributed by atoms with Gasteiger partial charge in [0.2, 0.25) is 6.79 Å². The van der Waals surface area contributed by atoms with Crippen molar-refractivity contribution in [1.29, 1.82) is 5.26 Å². The van der Waals surface area contributed by atoms with Crippen molar-refractivity contribution in [2.75, 3.05) is 13.4 Å². The van der Waals surface area contributed by atoms with Crippen LogP contribution < -0.4 is 14.2 Å². The van der Waals surface area contributed by atoms with Gasteiger partial charge < -0.3 is 14.2 Å². The normalized spacial score (nSPS) is 12.8. The lowest BCUT2D eigenvalue weighted by molar-refractivity contribution is 0.174. The van der Waals surface area contributed by atoms with Crippen molar-refractivity contribution in [1.82, 2.24) is 0 Å². The lowest BCUT2D eigenvalue weighted by atomic mass is 9.98. The molecule has 3 aromatic carbocycles. The highest BCUT2D eigenvalue weighted by Crippen LogP contribution is 2.36. The summed E-state index contributed by atoms with van der Waals surface area (Å²) >= 11 is 0. The highest BCUT2D eigenvalue weighted by Gasteiger charge is 2.16. The largest absolute Gasteiger partial charge is 0.493 e. The Kier molecular flexibility index (Phi) is 4.67. The second kappa shape index (κ2) is 7.43. The molecule has 0 fully saturated rings. The van der Waals surface area contributed by atoms with Gasteiger partial charge in [0.15, 0.2) is 11.5 Å². The third-order valence-corrected chi connectivity index (χ3v) is 4.49. The molecule has 134 valence electrons. The highest BCUT2D eigenvalue weighted by atomic mass is 16.7. The fourth-order valence-corrected chi connectivity index (χ4v) is 3.15. The maximum Gasteiger partial charge on any atom is 0.231 e. The summed E-state index contributed by atoms with van der Waals surface area (Å²) in [6.45, 7) is 2.91. The number of nitrogens with zero attached hydrogens (tertiary/aromatic N) is 1. The molecule has 4 heteroatoms. The molecule has 0 amide bonds. The molecular weight excluding hydrogens is 338 g/mol. The Hall–Kier alpha value is -3.45. The van der Waals surface area contributed by atoms with Gasteiger partial charge in [-0.3, -0.25) is 0 Å². The number of nitriles is 1. The fraction of sp³-hybridized carbons (Fsp3) is 0.174. The number of fused-ring (bicyclic) bond motifs is 2. The summed E-state index contributed by atoms with van der Waals surface area (Å²) in [5.41, 5.74) is 2.25. The van der Waals surface area contributed by atoms with Crippen LogP contribution in [0, 0.1) is 11.3 Å². The lowest BCUT2D eigenvalue weighted by Crippen LogP contribution is -1.97. The molecule has 0 radical (unpaired) electrons. The van der Waals surface area contributed by atoms with Crippen LogP contribution in [0.4, 0.5) is 0 Å². The van der Waals surface area contributed by atoms with Crippen molar-refractivity contribution >= 4 is 22.4 Å². The number of hydrogen-bond donors (Lipinski definition) is 0. The van der Waals surface area contributed by atoms with Gasteiger partial charge in [0.1, 0.15) is 5.75 Å². The predicted molar refractivity (Wildman–Crippen MR) is 106 cm³/mol. The van der Waals surface area contributed by atoms with Gasteiger partial charge in [0.05, 0.1) is 18.2 Å². The minimum absolute atomic E-state index is 0.211. The van der Waals surface area contributed by atoms with Gasteiger partial charge in [0.25, 0.3) is 0 Å². The van der Waals surface area contributed by atoms with Crippen LogP contribution >= 0.6 is 0 Å². The van der Waals surface area contributed by atoms with E-state index in [2.05, 4.69) is 25.1 Å². The molecule has 1 aliphatic rings. The van der Waals surface area contributed by atoms with E-state index in [1.807, 2.05) is 48.5 Å². The van der Waals surface area contributed by atoms with Crippen LogP contribution in [0.3, 0.4) is 0 Å². The number of ether oxygens (including phenoxy) is 3. The van der Waals surface area contributed by atoms with Crippen molar-refractivity contribution in [2.45, 2.75) is 13.3 Å². The molecule has 0 N–H and O–H groups in total. The first-order valence-corrected chi connectivity index (χ1v) is 8.96. The van der Waals surface area contributed by atoms with E-state index >= 15 is 0 Å². The molecule has 1 heterocycles. The summed E-state index contributed by atoms with van der Waals surface area (Å²) in [5, 5.41) is 12.0. The van der Waals surface area contributed by atoms with E-state index < -0.39 is 0 Å². The average Bonchev–Trinajstić information content (AvgIpc) is 3.18. The van der Waals surface area contributed by atoms with E-state index in [9.17, 15) is 5.26 Å². The molecule has 27 heavy (non-hydrogen) atoms. The first-order valence-electron chi connectivity index (χ1n) is 8.96. The van der Waals surface area contributed by atoms with Gasteiger partial charge in [-0.25, -0.2) is 0 Å². The molecule has 1 aliphatic heterocycles. The van der Waals surface area contributed by atoms with E-state index in [0.717, 1.165) is 34.1 Å². The first-order chi connectivity index (χ1) is 13.3. The minimum atomic E-state index is 0.211. The van der Waals surface area contributed by atoms with Crippen molar-refractivity contribution in [3.63, 3.8) is 0 Å². The molecular formula is C23H19NO3. The topological polar surface area (TPSA) is 51.5 Å². The van der Waals surface area contributed by atoms with Crippen LogP contribution in [0.1, 0.15) is 24.5 Å². The van der Waals surface area contributed by atoms with E-state index in [-0.39, 0.29) is 6.79 Å². The maximum atomic E-state index is 9.80. The number of benzene rings is 3. The molecule has 0 saturated heterocycles. The monoisotopic (exact) mass is 357 g/mol. The maximum absolute atomic E-state index is 9.80. The van der Waals surface area contributed by atoms with E-state index in [4.69, 9.17) is 14.2 Å². The lowest BCUT2D eigenvalue weighted by Gasteiger charge is -2.12. The molecule has 0 atom stereocenters. The van der Waals surface area contributed by atoms with Crippen LogP contribution in [0.15, 0.2) is 54.6 Å². The van der Waals surface area contributed by atoms with Gasteiger partial charge in [0, 0.05) is 5.56 Å². The van der Waals surface area contributed by atoms with Gasteiger partial charge in [-0.2, -0.15) is 5.26 Å². The Labute approximate surface area is 158 Å². The Bertz CT molecular complexity index is 1060. The molecule has 0 unspecified atom stereocenters. The summed E-state index contributed by atoms with van der Waals surface area (Å²) < 4.78 is 16.8. The number of rotatable bonds is 5. The van der Waals surface area contributed by atoms with Crippen molar-refractivity contribution in [2.24, 2.45) is 0 Å². The summed E-state index contributed by atoms with van der Waals surface area (Å²) in [5.74, 6) is 2.14. The van der Waals surface area contributed by atoms with Gasteiger partial charge >= 0.3 is 0 Å². The zero-order chi connectivity index (χ0) is 18.6. The van der Waals surface area contributed by atoms with Gasteiger partial charge in [-0.1, -0.05) is 37.3 Å². The third-order valence-electron chi connectivity index (χ3n) is 4.49. The summed E-state index contributed by atoms with van der Waals surface area (Å²) in [6, 6.07) is 20.0. The first kappa shape index (κ1) is 17.0. The molecule has 0 bridgehead atoms. The van der Waals surface area contributed by atoms with Crippen LogP contribution in [0.25, 0.3) is 22.4 Å². The molecule has 4 rings (SSSR count). The zero-order valence-corrected chi connectivity index (χ0v) is 15.1. The highest BCUT2D eigenvalue weighted by molar-refractivity contribution is 6.00. The van der Waals surface area contributed by atoms with Crippen molar-refractivity contribution in [3.8, 4) is 23.3 Å². The number of allylic oxidation sites excluding steroid dienone is 1. The molecule has 4 nitrogen and oxygen atoms in total. The molecule has 0 aliphatic carbocycles. The Balaban J connectivity index is 1.85. The summed E-state index contributed by atoms with van der Waals surface area (Å²) in [7, 11) is 0. The second-order valence-electron chi connectivity index (χ2n) is 6.28. The average molecular weight is 357 g/mol. The van der Waals surface area contributed by atoms with Gasteiger partial charge in [-0.05, 0) is 53.1 Å². The molecule has 0 spiro atoms. The SMILES string of the molecule is CCCOc1ccc2ccccc2c1/C=C(\C#N)c1ccc2c(c1)OCO2. The Morgan fingerprint density at radius 3 is 2.81 bits per heavy atom. The molecule has 3 aromatic rings. The van der Waals surface area contributed by atoms with Crippen LogP contribution in [0.5, 0.6) is 17.2 Å². The van der Waals surface area contributed by atoms with Crippen molar-refractivity contribution < 1.29 is 14.2 Å². The minimum Gasteiger partial charge on any atom is -0.493 e. The van der Waals surface area contributed by atoms with Gasteiger partial charge in [-0.15, -0.1) is 0 Å². The Morgan fingerprint density at radius 2 is 1.96 bits per heavy atom. The fourth-order valence-electron chi connectivity index (χ4n) is 3.15. The van der Waals surface area contributed by atoms with E-state index in [1.54, 1.807) is 0 Å². The van der Waals surface area contributed by atoms with E-state index in [0.29, 0.717) is 23.7 Å². The third kappa shape index (κ3) is 3.32. The summed E-state index contributed by atoms with van der Waals surface area (Å²) in [6.07, 6.45) is 2.81. The quantitative estimate of drug-likeness (QED) is 0.452. The standard InChI is InChI=1S/C23H19NO3/c1-2-11-25-21-9-7-16-5-3-4-6-19(16)20(21)12-18(14-24)17-8-10-22-23(13-17)27-15-26-22/h3-10,12-13H,2,11,15H2,1H3/b18-12+. The predicted octanol–water partition coefficient (Wildman–Crippen LogP) is 5.42. The summed E-state index contributed by atoms with van der Waals surface area (Å²) in [4.78, 5) is 0. The zero-order valence-electron chi connectivity index (χ0n) is 15.1. The van der Waals surface area contributed by atoms with Crippen LogP contribution in [0.2, 0.25) is 0 Å². The second-order valence-corrected chi connectivity index (χ2v) is 6.28.